The van der Waals surface area contributed by atoms with E-state index in [1.54, 1.807) is 18.4 Å². The molecule has 0 aliphatic carbocycles. The number of rotatable bonds is 7. The number of ether oxygens (including phenoxy) is 1. The van der Waals surface area contributed by atoms with E-state index >= 15 is 0 Å². The number of hydrogen-bond donors (Lipinski definition) is 1. The lowest BCUT2D eigenvalue weighted by molar-refractivity contribution is 0.125. The second kappa shape index (κ2) is 7.55. The third-order valence-electron chi connectivity index (χ3n) is 3.37. The summed E-state index contributed by atoms with van der Waals surface area (Å²) in [6, 6.07) is 9.45. The van der Waals surface area contributed by atoms with Crippen LogP contribution in [-0.2, 0) is 0 Å². The maximum absolute atomic E-state index is 10.1. The summed E-state index contributed by atoms with van der Waals surface area (Å²) in [7, 11) is 0. The molecule has 2 heterocycles. The predicted molar refractivity (Wildman–Crippen MR) is 90.1 cm³/mol. The molecule has 0 amide bonds. The van der Waals surface area contributed by atoms with Crippen molar-refractivity contribution in [2.45, 2.75) is 25.2 Å². The lowest BCUT2D eigenvalue weighted by atomic mass is 10.1. The van der Waals surface area contributed by atoms with Crippen LogP contribution in [0.25, 0.3) is 11.7 Å². The van der Waals surface area contributed by atoms with Gasteiger partial charge in [-0.3, -0.25) is 0 Å². The molecular weight excluding hydrogens is 328 g/mol. The van der Waals surface area contributed by atoms with Gasteiger partial charge in [0.05, 0.1) is 12.4 Å². The monoisotopic (exact) mass is 346 g/mol. The maximum Gasteiger partial charge on any atom is 0.284 e. The van der Waals surface area contributed by atoms with Gasteiger partial charge < -0.3 is 18.7 Å². The quantitative estimate of drug-likeness (QED) is 0.656. The number of aryl methyl sites for hydroxylation is 2. The number of nitrogens with zero attached hydrogens (tertiary/aromatic N) is 2. The highest BCUT2D eigenvalue weighted by Crippen LogP contribution is 2.25. The molecule has 0 saturated carbocycles. The molecule has 3 rings (SSSR count). The number of aromatic nitrogens is 2. The van der Waals surface area contributed by atoms with Gasteiger partial charge in [-0.05, 0) is 37.1 Å². The van der Waals surface area contributed by atoms with E-state index in [2.05, 4.69) is 10.2 Å². The zero-order valence-electron chi connectivity index (χ0n) is 13.4. The molecule has 0 fully saturated rings. The van der Waals surface area contributed by atoms with E-state index in [1.807, 2.05) is 32.0 Å². The molecule has 0 spiro atoms. The smallest absolute Gasteiger partial charge is 0.284 e. The number of para-hydroxylation sites is 1. The van der Waals surface area contributed by atoms with Gasteiger partial charge in [0, 0.05) is 5.75 Å². The first-order valence-corrected chi connectivity index (χ1v) is 8.49. The molecule has 126 valence electrons. The van der Waals surface area contributed by atoms with Gasteiger partial charge in [0.1, 0.15) is 12.4 Å². The average Bonchev–Trinajstić information content (AvgIpc) is 3.23. The van der Waals surface area contributed by atoms with E-state index in [0.29, 0.717) is 22.6 Å². The van der Waals surface area contributed by atoms with Gasteiger partial charge >= 0.3 is 0 Å². The summed E-state index contributed by atoms with van der Waals surface area (Å²) < 4.78 is 16.4. The zero-order chi connectivity index (χ0) is 16.9. The Balaban J connectivity index is 1.50. The molecule has 7 heteroatoms. The first kappa shape index (κ1) is 16.6. The number of benzene rings is 1. The Morgan fingerprint density at radius 2 is 1.96 bits per heavy atom. The van der Waals surface area contributed by atoms with Crippen molar-refractivity contribution in [1.82, 2.24) is 10.2 Å². The van der Waals surface area contributed by atoms with E-state index in [9.17, 15) is 5.11 Å². The summed E-state index contributed by atoms with van der Waals surface area (Å²) in [5.74, 6) is 2.06. The summed E-state index contributed by atoms with van der Waals surface area (Å²) in [5.41, 5.74) is 2.10. The number of aliphatic hydroxyl groups is 1. The molecule has 2 aromatic heterocycles. The van der Waals surface area contributed by atoms with E-state index in [1.165, 1.54) is 11.8 Å². The first-order chi connectivity index (χ1) is 11.6. The molecule has 6 nitrogen and oxygen atoms in total. The van der Waals surface area contributed by atoms with Gasteiger partial charge in [0.25, 0.3) is 11.1 Å². The van der Waals surface area contributed by atoms with Crippen LogP contribution in [0, 0.1) is 13.8 Å². The molecule has 0 radical (unpaired) electrons. The predicted octanol–water partition coefficient (Wildman–Crippen LogP) is 3.48. The van der Waals surface area contributed by atoms with Crippen LogP contribution in [0.5, 0.6) is 5.75 Å². The first-order valence-electron chi connectivity index (χ1n) is 7.50. The minimum Gasteiger partial charge on any atom is -0.490 e. The Labute approximate surface area is 143 Å². The summed E-state index contributed by atoms with van der Waals surface area (Å²) in [6.45, 7) is 4.17. The Bertz CT molecular complexity index is 766. The van der Waals surface area contributed by atoms with Gasteiger partial charge in [-0.1, -0.05) is 30.0 Å². The van der Waals surface area contributed by atoms with Gasteiger partial charge in [0.2, 0.25) is 0 Å². The Morgan fingerprint density at radius 1 is 1.17 bits per heavy atom. The second-order valence-corrected chi connectivity index (χ2v) is 6.32. The van der Waals surface area contributed by atoms with Crippen LogP contribution in [0.4, 0.5) is 0 Å². The number of aliphatic hydroxyl groups excluding tert-OH is 1. The largest absolute Gasteiger partial charge is 0.490 e. The Morgan fingerprint density at radius 3 is 2.67 bits per heavy atom. The Kier molecular flexibility index (Phi) is 5.22. The number of furan rings is 1. The molecule has 1 N–H and O–H groups in total. The lowest BCUT2D eigenvalue weighted by Gasteiger charge is -2.14. The summed E-state index contributed by atoms with van der Waals surface area (Å²) in [6.07, 6.45) is 0.897. The van der Waals surface area contributed by atoms with Crippen molar-refractivity contribution in [2.24, 2.45) is 0 Å². The van der Waals surface area contributed by atoms with E-state index in [0.717, 1.165) is 16.9 Å². The topological polar surface area (TPSA) is 81.5 Å². The molecule has 0 bridgehead atoms. The van der Waals surface area contributed by atoms with Crippen molar-refractivity contribution in [3.63, 3.8) is 0 Å². The summed E-state index contributed by atoms with van der Waals surface area (Å²) in [5, 5.41) is 18.3. The molecule has 0 unspecified atom stereocenters. The van der Waals surface area contributed by atoms with E-state index < -0.39 is 6.10 Å². The van der Waals surface area contributed by atoms with Crippen molar-refractivity contribution in [3.05, 3.63) is 47.7 Å². The fraction of sp³-hybridized carbons (Fsp3) is 0.294. The van der Waals surface area contributed by atoms with Crippen LogP contribution in [-0.4, -0.2) is 33.8 Å². The van der Waals surface area contributed by atoms with Crippen LogP contribution in [0.3, 0.4) is 0 Å². The number of hydrogen-bond acceptors (Lipinski definition) is 7. The standard InChI is InChI=1S/C17H18N2O4S/c1-11-5-3-6-12(2)15(11)22-9-13(20)10-24-17-19-18-16(23-17)14-7-4-8-21-14/h3-8,13,20H,9-10H2,1-2H3/t13-/m1/s1. The highest BCUT2D eigenvalue weighted by atomic mass is 32.2. The fourth-order valence-corrected chi connectivity index (χ4v) is 2.86. The van der Waals surface area contributed by atoms with Crippen molar-refractivity contribution in [2.75, 3.05) is 12.4 Å². The van der Waals surface area contributed by atoms with Crippen molar-refractivity contribution < 1.29 is 18.7 Å². The normalized spacial score (nSPS) is 12.3. The van der Waals surface area contributed by atoms with Gasteiger partial charge in [-0.15, -0.1) is 10.2 Å². The van der Waals surface area contributed by atoms with Crippen LogP contribution in [0.2, 0.25) is 0 Å². The van der Waals surface area contributed by atoms with E-state index in [-0.39, 0.29) is 6.61 Å². The minimum absolute atomic E-state index is 0.206. The van der Waals surface area contributed by atoms with E-state index in [4.69, 9.17) is 13.6 Å². The molecule has 0 saturated heterocycles. The summed E-state index contributed by atoms with van der Waals surface area (Å²) >= 11 is 1.28. The molecular formula is C17H18N2O4S. The van der Waals surface area contributed by atoms with Gasteiger partial charge in [-0.2, -0.15) is 0 Å². The SMILES string of the molecule is Cc1cccc(C)c1OC[C@@H](O)CSc1nnc(-c2ccco2)o1. The van der Waals surface area contributed by atoms with Crippen LogP contribution >= 0.6 is 11.8 Å². The fourth-order valence-electron chi connectivity index (χ4n) is 2.19. The van der Waals surface area contributed by atoms with Crippen molar-refractivity contribution >= 4 is 11.8 Å². The second-order valence-electron chi connectivity index (χ2n) is 5.35. The third-order valence-corrected chi connectivity index (χ3v) is 4.33. The van der Waals surface area contributed by atoms with Crippen LogP contribution in [0.15, 0.2) is 50.7 Å². The maximum atomic E-state index is 10.1. The lowest BCUT2D eigenvalue weighted by Crippen LogP contribution is -2.20. The van der Waals surface area contributed by atoms with Gasteiger partial charge in [-0.25, -0.2) is 0 Å². The van der Waals surface area contributed by atoms with Crippen molar-refractivity contribution in [3.8, 4) is 17.4 Å². The molecule has 0 aliphatic rings. The Hall–Kier alpha value is -2.25. The van der Waals surface area contributed by atoms with Crippen molar-refractivity contribution in [1.29, 1.82) is 0 Å². The molecule has 3 aromatic rings. The molecule has 1 aromatic carbocycles. The summed E-state index contributed by atoms with van der Waals surface area (Å²) in [4.78, 5) is 0. The number of thioether (sulfide) groups is 1. The third kappa shape index (κ3) is 3.98. The molecule has 1 atom stereocenters. The van der Waals surface area contributed by atoms with Gasteiger partial charge in [0.15, 0.2) is 5.76 Å². The minimum atomic E-state index is -0.645. The molecule has 24 heavy (non-hydrogen) atoms. The molecule has 0 aliphatic heterocycles. The zero-order valence-corrected chi connectivity index (χ0v) is 14.2. The van der Waals surface area contributed by atoms with Crippen LogP contribution in [0.1, 0.15) is 11.1 Å². The average molecular weight is 346 g/mol. The highest BCUT2D eigenvalue weighted by molar-refractivity contribution is 7.99. The van der Waals surface area contributed by atoms with Crippen LogP contribution < -0.4 is 4.74 Å². The highest BCUT2D eigenvalue weighted by Gasteiger charge is 2.14.